The van der Waals surface area contributed by atoms with Gasteiger partial charge in [0.2, 0.25) is 0 Å². The van der Waals surface area contributed by atoms with E-state index in [0.717, 1.165) is 46.1 Å². The molecule has 0 aliphatic heterocycles. The SMILES string of the molecule is CCc1cc2c(c(CC)c1O[P+](=O)O)CCCC2(O)c1ncc(-c2cc(C)cc(Nc3cc(C(F)(F)F)ccn3)n2)s1. The molecule has 1 aliphatic carbocycles. The standard InChI is InChI=1S/C29H28F3N4O4PS/c1-4-17-13-21-20(19(5-2)26(17)40-41(38)39)7-6-9-28(21,37)27-34-15-23(42-27)22-11-16(3)12-25(35-22)36-24-14-18(8-10-33-24)29(30,31)32/h8,10-15,37H,4-7,9H2,1-3H3,(H-,33,35,36,38,39)/p+1. The number of aliphatic hydroxyl groups is 1. The van der Waals surface area contributed by atoms with Gasteiger partial charge in [0.25, 0.3) is 0 Å². The lowest BCUT2D eigenvalue weighted by Gasteiger charge is -2.35. The van der Waals surface area contributed by atoms with E-state index in [1.807, 2.05) is 32.9 Å². The number of fused-ring (bicyclic) bond motifs is 1. The Balaban J connectivity index is 1.51. The van der Waals surface area contributed by atoms with Gasteiger partial charge in [-0.3, -0.25) is 0 Å². The van der Waals surface area contributed by atoms with Crippen molar-refractivity contribution in [3.63, 3.8) is 0 Å². The number of aryl methyl sites for hydroxylation is 2. The molecule has 0 saturated heterocycles. The van der Waals surface area contributed by atoms with Crippen molar-refractivity contribution in [3.05, 3.63) is 81.1 Å². The van der Waals surface area contributed by atoms with Gasteiger partial charge < -0.3 is 10.4 Å². The van der Waals surface area contributed by atoms with Crippen LogP contribution in [-0.2, 0) is 35.6 Å². The Morgan fingerprint density at radius 3 is 2.62 bits per heavy atom. The van der Waals surface area contributed by atoms with Gasteiger partial charge in [0.15, 0.2) is 5.75 Å². The van der Waals surface area contributed by atoms with Gasteiger partial charge in [0.1, 0.15) is 22.2 Å². The van der Waals surface area contributed by atoms with Gasteiger partial charge in [-0.2, -0.15) is 13.2 Å². The van der Waals surface area contributed by atoms with E-state index in [2.05, 4.69) is 20.3 Å². The zero-order valence-corrected chi connectivity index (χ0v) is 24.8. The zero-order valence-electron chi connectivity index (χ0n) is 23.1. The number of alkyl halides is 3. The van der Waals surface area contributed by atoms with Crippen LogP contribution in [-0.4, -0.2) is 25.0 Å². The number of hydrogen-bond acceptors (Lipinski definition) is 8. The van der Waals surface area contributed by atoms with E-state index in [9.17, 15) is 27.7 Å². The lowest BCUT2D eigenvalue weighted by Crippen LogP contribution is -2.33. The lowest BCUT2D eigenvalue weighted by atomic mass is 9.76. The summed E-state index contributed by atoms with van der Waals surface area (Å²) in [6.07, 6.45) is 1.16. The van der Waals surface area contributed by atoms with Gasteiger partial charge in [0.05, 0.1) is 16.1 Å². The van der Waals surface area contributed by atoms with Crippen LogP contribution in [0.15, 0.2) is 42.7 Å². The quantitative estimate of drug-likeness (QED) is 0.175. The van der Waals surface area contributed by atoms with E-state index in [1.165, 1.54) is 11.3 Å². The van der Waals surface area contributed by atoms with Crippen LogP contribution in [0.1, 0.15) is 65.1 Å². The van der Waals surface area contributed by atoms with E-state index in [1.54, 1.807) is 12.3 Å². The van der Waals surface area contributed by atoms with Crippen molar-refractivity contribution in [1.82, 2.24) is 15.0 Å². The van der Waals surface area contributed by atoms with Crippen LogP contribution in [0, 0.1) is 6.92 Å². The van der Waals surface area contributed by atoms with Crippen molar-refractivity contribution >= 4 is 31.2 Å². The Kier molecular flexibility index (Phi) is 8.35. The van der Waals surface area contributed by atoms with Gasteiger partial charge in [-0.15, -0.1) is 16.2 Å². The average Bonchev–Trinajstić information content (AvgIpc) is 3.44. The number of pyridine rings is 2. The number of nitrogens with one attached hydrogen (secondary N) is 1. The smallest absolute Gasteiger partial charge is 0.378 e. The first-order valence-corrected chi connectivity index (χ1v) is 15.4. The predicted molar refractivity (Wildman–Crippen MR) is 154 cm³/mol. The summed E-state index contributed by atoms with van der Waals surface area (Å²) in [6.45, 7) is 5.72. The van der Waals surface area contributed by atoms with Crippen LogP contribution in [0.4, 0.5) is 24.8 Å². The summed E-state index contributed by atoms with van der Waals surface area (Å²) >= 11 is 1.29. The lowest BCUT2D eigenvalue weighted by molar-refractivity contribution is -0.137. The minimum atomic E-state index is -4.50. The van der Waals surface area contributed by atoms with Gasteiger partial charge >= 0.3 is 14.4 Å². The summed E-state index contributed by atoms with van der Waals surface area (Å²) < 4.78 is 56.4. The molecule has 1 aliphatic rings. The minimum Gasteiger partial charge on any atom is -0.378 e. The van der Waals surface area contributed by atoms with Crippen LogP contribution in [0.3, 0.4) is 0 Å². The highest BCUT2D eigenvalue weighted by Gasteiger charge is 2.41. The van der Waals surface area contributed by atoms with Crippen LogP contribution in [0.25, 0.3) is 10.6 Å². The Morgan fingerprint density at radius 1 is 1.14 bits per heavy atom. The largest absolute Gasteiger partial charge is 0.747 e. The molecule has 3 heterocycles. The highest BCUT2D eigenvalue weighted by molar-refractivity contribution is 7.32. The van der Waals surface area contributed by atoms with Crippen molar-refractivity contribution in [1.29, 1.82) is 0 Å². The Labute approximate surface area is 245 Å². The Hall–Kier alpha value is -3.44. The molecule has 0 saturated carbocycles. The molecule has 1 aromatic carbocycles. The predicted octanol–water partition coefficient (Wildman–Crippen LogP) is 7.40. The van der Waals surface area contributed by atoms with E-state index in [-0.39, 0.29) is 5.82 Å². The number of aromatic nitrogens is 3. The normalized spacial score (nSPS) is 17.1. The highest BCUT2D eigenvalue weighted by atomic mass is 32.1. The average molecular weight is 618 g/mol. The van der Waals surface area contributed by atoms with Crippen molar-refractivity contribution in [3.8, 4) is 16.3 Å². The third kappa shape index (κ3) is 5.89. The molecule has 0 fully saturated rings. The summed E-state index contributed by atoms with van der Waals surface area (Å²) in [7, 11) is -2.84. The second-order valence-corrected chi connectivity index (χ2v) is 11.8. The van der Waals surface area contributed by atoms with Crippen LogP contribution in [0.2, 0.25) is 0 Å². The zero-order chi connectivity index (χ0) is 30.2. The summed E-state index contributed by atoms with van der Waals surface area (Å²) in [4.78, 5) is 23.4. The number of halogens is 3. The first kappa shape index (κ1) is 30.0. The number of thiazole rings is 1. The van der Waals surface area contributed by atoms with E-state index in [4.69, 9.17) is 4.52 Å². The Bertz CT molecular complexity index is 1660. The monoisotopic (exact) mass is 617 g/mol. The van der Waals surface area contributed by atoms with E-state index >= 15 is 0 Å². The van der Waals surface area contributed by atoms with Crippen molar-refractivity contribution in [2.24, 2.45) is 0 Å². The van der Waals surface area contributed by atoms with Gasteiger partial charge in [0, 0.05) is 28.1 Å². The Morgan fingerprint density at radius 2 is 1.93 bits per heavy atom. The molecule has 220 valence electrons. The molecule has 4 aromatic rings. The molecule has 13 heteroatoms. The molecule has 5 rings (SSSR count). The van der Waals surface area contributed by atoms with Crippen molar-refractivity contribution in [2.75, 3.05) is 5.32 Å². The summed E-state index contributed by atoms with van der Waals surface area (Å²) in [5.74, 6) is 0.744. The molecule has 0 radical (unpaired) electrons. The van der Waals surface area contributed by atoms with E-state index in [0.29, 0.717) is 59.3 Å². The maximum Gasteiger partial charge on any atom is 0.747 e. The maximum atomic E-state index is 13.2. The second-order valence-electron chi connectivity index (χ2n) is 10.1. The second kappa shape index (κ2) is 11.7. The summed E-state index contributed by atoms with van der Waals surface area (Å²) in [5.41, 5.74) is 2.35. The third-order valence-corrected chi connectivity index (χ3v) is 8.82. The number of rotatable bonds is 8. The van der Waals surface area contributed by atoms with Crippen LogP contribution < -0.4 is 9.84 Å². The molecule has 2 unspecified atom stereocenters. The molecular formula is C29H29F3N4O4PS+. The van der Waals surface area contributed by atoms with Crippen molar-refractivity contribution < 1.29 is 32.3 Å². The van der Waals surface area contributed by atoms with Gasteiger partial charge in [-0.25, -0.2) is 19.5 Å². The topological polar surface area (TPSA) is 117 Å². The molecule has 8 nitrogen and oxygen atoms in total. The fourth-order valence-corrected chi connectivity index (χ4v) is 6.82. The number of nitrogens with zero attached hydrogens (tertiary/aromatic N) is 3. The summed E-state index contributed by atoms with van der Waals surface area (Å²) in [6, 6.07) is 7.23. The van der Waals surface area contributed by atoms with Crippen molar-refractivity contribution in [2.45, 2.75) is 64.7 Å². The molecule has 3 N–H and O–H groups in total. The first-order chi connectivity index (χ1) is 19.9. The first-order valence-electron chi connectivity index (χ1n) is 13.4. The van der Waals surface area contributed by atoms with Crippen LogP contribution >= 0.6 is 19.6 Å². The number of hydrogen-bond donors (Lipinski definition) is 3. The van der Waals surface area contributed by atoms with E-state index < -0.39 is 25.6 Å². The van der Waals surface area contributed by atoms with Gasteiger partial charge in [-0.1, -0.05) is 13.8 Å². The molecule has 0 bridgehead atoms. The highest BCUT2D eigenvalue weighted by Crippen LogP contribution is 2.48. The van der Waals surface area contributed by atoms with Crippen LogP contribution in [0.5, 0.6) is 5.75 Å². The summed E-state index contributed by atoms with van der Waals surface area (Å²) in [5, 5.41) is 15.5. The molecule has 0 spiro atoms. The number of benzene rings is 1. The molecule has 0 amide bonds. The maximum absolute atomic E-state index is 13.2. The molecule has 42 heavy (non-hydrogen) atoms. The minimum absolute atomic E-state index is 0.0135. The molecule has 3 aromatic heterocycles. The fraction of sp³-hybridized carbons (Fsp3) is 0.345. The molecular weight excluding hydrogens is 588 g/mol. The number of anilines is 2. The molecule has 2 atom stereocenters. The fourth-order valence-electron chi connectivity index (χ4n) is 5.43. The van der Waals surface area contributed by atoms with Gasteiger partial charge in [-0.05, 0) is 86.1 Å². The third-order valence-electron chi connectivity index (χ3n) is 7.31.